The van der Waals surface area contributed by atoms with Gasteiger partial charge in [-0.25, -0.2) is 4.98 Å². The highest BCUT2D eigenvalue weighted by Crippen LogP contribution is 2.10. The Labute approximate surface area is 83.7 Å². The van der Waals surface area contributed by atoms with Crippen molar-refractivity contribution in [2.75, 3.05) is 31.2 Å². The van der Waals surface area contributed by atoms with E-state index in [1.807, 2.05) is 18.2 Å². The molecule has 0 aliphatic carbocycles. The Hall–Kier alpha value is -1.13. The maximum absolute atomic E-state index is 5.87. The summed E-state index contributed by atoms with van der Waals surface area (Å²) in [4.78, 5) is 6.46. The van der Waals surface area contributed by atoms with Crippen molar-refractivity contribution in [1.29, 1.82) is 0 Å². The molecule has 1 unspecified atom stereocenters. The normalized spacial score (nSPS) is 23.2. The zero-order chi connectivity index (χ0) is 9.80. The molecule has 0 amide bonds. The summed E-state index contributed by atoms with van der Waals surface area (Å²) >= 11 is 0. The molecule has 4 nitrogen and oxygen atoms in total. The van der Waals surface area contributed by atoms with Crippen LogP contribution in [0.15, 0.2) is 24.4 Å². The van der Waals surface area contributed by atoms with Crippen LogP contribution in [0.25, 0.3) is 0 Å². The van der Waals surface area contributed by atoms with Gasteiger partial charge in [-0.15, -0.1) is 0 Å². The summed E-state index contributed by atoms with van der Waals surface area (Å²) in [5.74, 6) is 0.980. The molecule has 1 fully saturated rings. The van der Waals surface area contributed by atoms with Crippen molar-refractivity contribution in [3.63, 3.8) is 0 Å². The lowest BCUT2D eigenvalue weighted by atomic mass is 10.3. The SMILES string of the molecule is NC1COCCN(c2ccccn2)C1. The minimum absolute atomic E-state index is 0.0829. The molecule has 0 radical (unpaired) electrons. The minimum Gasteiger partial charge on any atom is -0.378 e. The molecule has 0 aromatic carbocycles. The van der Waals surface area contributed by atoms with Crippen molar-refractivity contribution in [3.8, 4) is 0 Å². The second-order valence-corrected chi connectivity index (χ2v) is 3.47. The van der Waals surface area contributed by atoms with Crippen LogP contribution in [0, 0.1) is 0 Å². The third kappa shape index (κ3) is 2.21. The third-order valence-corrected chi connectivity index (χ3v) is 2.27. The van der Waals surface area contributed by atoms with Crippen LogP contribution in [-0.4, -0.2) is 37.3 Å². The van der Waals surface area contributed by atoms with E-state index in [0.29, 0.717) is 6.61 Å². The van der Waals surface area contributed by atoms with Crippen LogP contribution in [0.2, 0.25) is 0 Å². The Morgan fingerprint density at radius 1 is 1.50 bits per heavy atom. The second kappa shape index (κ2) is 4.39. The fraction of sp³-hybridized carbons (Fsp3) is 0.500. The molecule has 0 saturated carbocycles. The average molecular weight is 193 g/mol. The first kappa shape index (κ1) is 9.43. The van der Waals surface area contributed by atoms with Crippen LogP contribution in [0.4, 0.5) is 5.82 Å². The summed E-state index contributed by atoms with van der Waals surface area (Å²) in [6.07, 6.45) is 1.80. The predicted octanol–water partition coefficient (Wildman–Crippen LogP) is 0.245. The molecule has 4 heteroatoms. The molecule has 1 aliphatic rings. The van der Waals surface area contributed by atoms with E-state index >= 15 is 0 Å². The summed E-state index contributed by atoms with van der Waals surface area (Å²) in [5.41, 5.74) is 5.87. The fourth-order valence-electron chi connectivity index (χ4n) is 1.59. The molecule has 2 heterocycles. The van der Waals surface area contributed by atoms with Crippen LogP contribution in [0.5, 0.6) is 0 Å². The van der Waals surface area contributed by atoms with Gasteiger partial charge in [-0.2, -0.15) is 0 Å². The molecule has 1 atom stereocenters. The lowest BCUT2D eigenvalue weighted by Gasteiger charge is -2.22. The van der Waals surface area contributed by atoms with Crippen LogP contribution in [-0.2, 0) is 4.74 Å². The monoisotopic (exact) mass is 193 g/mol. The van der Waals surface area contributed by atoms with Crippen molar-refractivity contribution in [3.05, 3.63) is 24.4 Å². The maximum Gasteiger partial charge on any atom is 0.128 e. The van der Waals surface area contributed by atoms with Gasteiger partial charge in [0.25, 0.3) is 0 Å². The molecule has 0 spiro atoms. The van der Waals surface area contributed by atoms with E-state index in [1.165, 1.54) is 0 Å². The van der Waals surface area contributed by atoms with E-state index < -0.39 is 0 Å². The Balaban J connectivity index is 2.09. The standard InChI is InChI=1S/C10H15N3O/c11-9-7-13(5-6-14-8-9)10-3-1-2-4-12-10/h1-4,9H,5-8,11H2. The van der Waals surface area contributed by atoms with Crippen molar-refractivity contribution >= 4 is 5.82 Å². The van der Waals surface area contributed by atoms with Gasteiger partial charge in [-0.05, 0) is 12.1 Å². The molecule has 14 heavy (non-hydrogen) atoms. The minimum atomic E-state index is 0.0829. The van der Waals surface area contributed by atoms with E-state index in [2.05, 4.69) is 9.88 Å². The first-order chi connectivity index (χ1) is 6.86. The van der Waals surface area contributed by atoms with Gasteiger partial charge in [0.2, 0.25) is 0 Å². The topological polar surface area (TPSA) is 51.4 Å². The number of anilines is 1. The molecule has 1 aromatic rings. The number of aromatic nitrogens is 1. The van der Waals surface area contributed by atoms with Gasteiger partial charge in [0.05, 0.1) is 13.2 Å². The van der Waals surface area contributed by atoms with Gasteiger partial charge in [-0.3, -0.25) is 0 Å². The summed E-state index contributed by atoms with van der Waals surface area (Å²) in [6, 6.07) is 5.98. The number of nitrogens with zero attached hydrogens (tertiary/aromatic N) is 2. The molecular formula is C10H15N3O. The fourth-order valence-corrected chi connectivity index (χ4v) is 1.59. The van der Waals surface area contributed by atoms with Crippen molar-refractivity contribution in [2.24, 2.45) is 5.73 Å². The highest BCUT2D eigenvalue weighted by Gasteiger charge is 2.15. The molecule has 1 saturated heterocycles. The van der Waals surface area contributed by atoms with Crippen molar-refractivity contribution < 1.29 is 4.74 Å². The van der Waals surface area contributed by atoms with Crippen LogP contribution in [0.3, 0.4) is 0 Å². The van der Waals surface area contributed by atoms with E-state index in [9.17, 15) is 0 Å². The molecule has 1 aliphatic heterocycles. The molecule has 0 bridgehead atoms. The number of ether oxygens (including phenoxy) is 1. The zero-order valence-corrected chi connectivity index (χ0v) is 8.10. The molecular weight excluding hydrogens is 178 g/mol. The predicted molar refractivity (Wildman–Crippen MR) is 55.2 cm³/mol. The number of rotatable bonds is 1. The second-order valence-electron chi connectivity index (χ2n) is 3.47. The summed E-state index contributed by atoms with van der Waals surface area (Å²) in [5, 5.41) is 0. The number of nitrogens with two attached hydrogens (primary N) is 1. The van der Waals surface area contributed by atoms with E-state index in [0.717, 1.165) is 25.5 Å². The third-order valence-electron chi connectivity index (χ3n) is 2.27. The van der Waals surface area contributed by atoms with Crippen LogP contribution >= 0.6 is 0 Å². The maximum atomic E-state index is 5.87. The number of hydrogen-bond donors (Lipinski definition) is 1. The lowest BCUT2D eigenvalue weighted by Crippen LogP contribution is -2.38. The van der Waals surface area contributed by atoms with Gasteiger partial charge < -0.3 is 15.4 Å². The highest BCUT2D eigenvalue weighted by molar-refractivity contribution is 5.38. The summed E-state index contributed by atoms with van der Waals surface area (Å²) < 4.78 is 5.36. The molecule has 2 rings (SSSR count). The Bertz CT molecular complexity index is 278. The van der Waals surface area contributed by atoms with Crippen molar-refractivity contribution in [2.45, 2.75) is 6.04 Å². The van der Waals surface area contributed by atoms with E-state index in [1.54, 1.807) is 6.20 Å². The van der Waals surface area contributed by atoms with Gasteiger partial charge >= 0.3 is 0 Å². The Morgan fingerprint density at radius 3 is 3.21 bits per heavy atom. The van der Waals surface area contributed by atoms with Gasteiger partial charge in [0.1, 0.15) is 5.82 Å². The van der Waals surface area contributed by atoms with Gasteiger partial charge in [-0.1, -0.05) is 6.07 Å². The zero-order valence-electron chi connectivity index (χ0n) is 8.10. The number of hydrogen-bond acceptors (Lipinski definition) is 4. The van der Waals surface area contributed by atoms with E-state index in [-0.39, 0.29) is 6.04 Å². The number of pyridine rings is 1. The average Bonchev–Trinajstić information content (AvgIpc) is 2.44. The Morgan fingerprint density at radius 2 is 2.43 bits per heavy atom. The van der Waals surface area contributed by atoms with Crippen LogP contribution in [0.1, 0.15) is 0 Å². The quantitative estimate of drug-likeness (QED) is 0.694. The highest BCUT2D eigenvalue weighted by atomic mass is 16.5. The van der Waals surface area contributed by atoms with E-state index in [4.69, 9.17) is 10.5 Å². The first-order valence-electron chi connectivity index (χ1n) is 4.85. The largest absolute Gasteiger partial charge is 0.378 e. The lowest BCUT2D eigenvalue weighted by molar-refractivity contribution is 0.142. The summed E-state index contributed by atoms with van der Waals surface area (Å²) in [7, 11) is 0. The summed E-state index contributed by atoms with van der Waals surface area (Å²) in [6.45, 7) is 3.05. The van der Waals surface area contributed by atoms with Crippen LogP contribution < -0.4 is 10.6 Å². The molecule has 1 aromatic heterocycles. The first-order valence-corrected chi connectivity index (χ1v) is 4.85. The molecule has 76 valence electrons. The van der Waals surface area contributed by atoms with Gasteiger partial charge in [0.15, 0.2) is 0 Å². The molecule has 2 N–H and O–H groups in total. The van der Waals surface area contributed by atoms with Crippen molar-refractivity contribution in [1.82, 2.24) is 4.98 Å². The smallest absolute Gasteiger partial charge is 0.128 e. The van der Waals surface area contributed by atoms with Gasteiger partial charge in [0, 0.05) is 25.3 Å². The Kier molecular flexibility index (Phi) is 2.96.